The number of likely N-dealkylation sites (tertiary alicyclic amines) is 1. The van der Waals surface area contributed by atoms with E-state index < -0.39 is 0 Å². The molecule has 3 heterocycles. The molecule has 1 aliphatic heterocycles. The predicted octanol–water partition coefficient (Wildman–Crippen LogP) is 3.12. The van der Waals surface area contributed by atoms with Crippen molar-refractivity contribution in [2.75, 3.05) is 20.1 Å². The Bertz CT molecular complexity index is 918. The molecule has 1 aromatic carbocycles. The Hall–Kier alpha value is -2.79. The van der Waals surface area contributed by atoms with Crippen molar-refractivity contribution in [2.24, 2.45) is 0 Å². The topological polar surface area (TPSA) is 58.1 Å². The van der Waals surface area contributed by atoms with Crippen LogP contribution in [0.2, 0.25) is 0 Å². The van der Waals surface area contributed by atoms with Gasteiger partial charge in [-0.25, -0.2) is 4.98 Å². The molecule has 1 N–H and O–H groups in total. The van der Waals surface area contributed by atoms with Gasteiger partial charge in [0.15, 0.2) is 0 Å². The number of amides is 1. The van der Waals surface area contributed by atoms with E-state index >= 15 is 0 Å². The van der Waals surface area contributed by atoms with E-state index in [1.807, 2.05) is 54.4 Å². The fourth-order valence-corrected chi connectivity index (χ4v) is 3.56. The molecule has 5 heteroatoms. The van der Waals surface area contributed by atoms with Crippen molar-refractivity contribution in [2.45, 2.75) is 18.9 Å². The zero-order valence-electron chi connectivity index (χ0n) is 14.9. The van der Waals surface area contributed by atoms with E-state index in [0.29, 0.717) is 6.04 Å². The van der Waals surface area contributed by atoms with Crippen LogP contribution >= 0.6 is 0 Å². The lowest BCUT2D eigenvalue weighted by atomic mass is 10.0. The second-order valence-electron chi connectivity index (χ2n) is 6.67. The third-order valence-corrected chi connectivity index (χ3v) is 5.09. The Morgan fingerprint density at radius 2 is 1.96 bits per heavy atom. The number of para-hydroxylation sites is 1. The van der Waals surface area contributed by atoms with Gasteiger partial charge in [0.25, 0.3) is 5.91 Å². The quantitative estimate of drug-likeness (QED) is 0.792. The van der Waals surface area contributed by atoms with Crippen molar-refractivity contribution in [1.82, 2.24) is 20.2 Å². The molecule has 5 nitrogen and oxygen atoms in total. The van der Waals surface area contributed by atoms with Crippen LogP contribution in [0.25, 0.3) is 22.2 Å². The van der Waals surface area contributed by atoms with Crippen LogP contribution in [-0.2, 0) is 0 Å². The second-order valence-corrected chi connectivity index (χ2v) is 6.67. The predicted molar refractivity (Wildman–Crippen MR) is 103 cm³/mol. The molecule has 2 aromatic heterocycles. The molecular weight excluding hydrogens is 324 g/mol. The monoisotopic (exact) mass is 346 g/mol. The fraction of sp³-hybridized carbons (Fsp3) is 0.286. The van der Waals surface area contributed by atoms with Gasteiger partial charge in [0.1, 0.15) is 0 Å². The summed E-state index contributed by atoms with van der Waals surface area (Å²) < 4.78 is 0. The van der Waals surface area contributed by atoms with E-state index in [0.717, 1.165) is 53.7 Å². The number of fused-ring (bicyclic) bond motifs is 1. The highest BCUT2D eigenvalue weighted by atomic mass is 16.2. The van der Waals surface area contributed by atoms with E-state index in [1.165, 1.54) is 0 Å². The molecule has 1 amide bonds. The lowest BCUT2D eigenvalue weighted by molar-refractivity contribution is 0.0709. The summed E-state index contributed by atoms with van der Waals surface area (Å²) in [5, 5.41) is 4.21. The second kappa shape index (κ2) is 7.22. The van der Waals surface area contributed by atoms with Gasteiger partial charge in [-0.3, -0.25) is 9.78 Å². The number of pyridine rings is 2. The molecule has 0 spiro atoms. The number of nitrogens with zero attached hydrogens (tertiary/aromatic N) is 3. The molecule has 0 saturated carbocycles. The lowest BCUT2D eigenvalue weighted by Gasteiger charge is -2.32. The van der Waals surface area contributed by atoms with Crippen LogP contribution in [0.15, 0.2) is 54.9 Å². The number of carbonyl (C=O) groups excluding carboxylic acids is 1. The van der Waals surface area contributed by atoms with Crippen molar-refractivity contribution in [3.8, 4) is 11.3 Å². The maximum absolute atomic E-state index is 13.3. The van der Waals surface area contributed by atoms with E-state index in [1.54, 1.807) is 12.4 Å². The largest absolute Gasteiger partial charge is 0.339 e. The molecule has 0 aliphatic carbocycles. The molecule has 3 aromatic rings. The zero-order valence-corrected chi connectivity index (χ0v) is 14.9. The molecule has 0 atom stereocenters. The van der Waals surface area contributed by atoms with Gasteiger partial charge in [-0.15, -0.1) is 0 Å². The van der Waals surface area contributed by atoms with Gasteiger partial charge in [0.2, 0.25) is 0 Å². The summed E-state index contributed by atoms with van der Waals surface area (Å²) >= 11 is 0. The summed E-state index contributed by atoms with van der Waals surface area (Å²) in [5.41, 5.74) is 3.26. The number of hydrogen-bond donors (Lipinski definition) is 1. The number of aromatic nitrogens is 2. The van der Waals surface area contributed by atoms with Crippen LogP contribution in [0, 0.1) is 0 Å². The van der Waals surface area contributed by atoms with Crippen molar-refractivity contribution in [1.29, 1.82) is 0 Å². The van der Waals surface area contributed by atoms with Crippen LogP contribution in [0.5, 0.6) is 0 Å². The van der Waals surface area contributed by atoms with Gasteiger partial charge in [0, 0.05) is 42.5 Å². The van der Waals surface area contributed by atoms with Crippen molar-refractivity contribution < 1.29 is 4.79 Å². The van der Waals surface area contributed by atoms with Crippen molar-refractivity contribution in [3.63, 3.8) is 0 Å². The van der Waals surface area contributed by atoms with Crippen LogP contribution in [0.1, 0.15) is 23.2 Å². The number of hydrogen-bond acceptors (Lipinski definition) is 4. The van der Waals surface area contributed by atoms with Gasteiger partial charge in [-0.05, 0) is 44.2 Å². The van der Waals surface area contributed by atoms with Gasteiger partial charge in [-0.2, -0.15) is 0 Å². The first-order chi connectivity index (χ1) is 12.8. The lowest BCUT2D eigenvalue weighted by Crippen LogP contribution is -2.44. The van der Waals surface area contributed by atoms with Gasteiger partial charge >= 0.3 is 0 Å². The molecule has 132 valence electrons. The van der Waals surface area contributed by atoms with Gasteiger partial charge < -0.3 is 10.2 Å². The first kappa shape index (κ1) is 16.7. The van der Waals surface area contributed by atoms with Crippen LogP contribution < -0.4 is 5.32 Å². The number of benzene rings is 1. The standard InChI is InChI=1S/C21H22N4O/c1-22-16-8-11-25(12-9-16)21(26)18-13-20(15-5-4-10-23-14-15)24-19-7-3-2-6-17(18)19/h2-7,10,13-14,16,22H,8-9,11-12H2,1H3. The number of piperidine rings is 1. The van der Waals surface area contributed by atoms with Crippen LogP contribution in [-0.4, -0.2) is 47.0 Å². The minimum absolute atomic E-state index is 0.0864. The third-order valence-electron chi connectivity index (χ3n) is 5.09. The Labute approximate surface area is 153 Å². The number of rotatable bonds is 3. The maximum Gasteiger partial charge on any atom is 0.254 e. The summed E-state index contributed by atoms with van der Waals surface area (Å²) in [7, 11) is 1.98. The number of nitrogens with one attached hydrogen (secondary N) is 1. The summed E-state index contributed by atoms with van der Waals surface area (Å²) in [4.78, 5) is 24.1. The highest BCUT2D eigenvalue weighted by Crippen LogP contribution is 2.26. The fourth-order valence-electron chi connectivity index (χ4n) is 3.56. The van der Waals surface area contributed by atoms with E-state index in [4.69, 9.17) is 4.98 Å². The minimum Gasteiger partial charge on any atom is -0.339 e. The maximum atomic E-state index is 13.3. The average Bonchev–Trinajstić information content (AvgIpc) is 2.73. The summed E-state index contributed by atoms with van der Waals surface area (Å²) in [6.07, 6.45) is 5.49. The molecular formula is C21H22N4O. The highest BCUT2D eigenvalue weighted by Gasteiger charge is 2.24. The summed E-state index contributed by atoms with van der Waals surface area (Å²) in [6.45, 7) is 1.56. The highest BCUT2D eigenvalue weighted by molar-refractivity contribution is 6.07. The van der Waals surface area contributed by atoms with E-state index in [-0.39, 0.29) is 5.91 Å². The van der Waals surface area contributed by atoms with Gasteiger partial charge in [-0.1, -0.05) is 18.2 Å². The van der Waals surface area contributed by atoms with Gasteiger partial charge in [0.05, 0.1) is 16.8 Å². The normalized spacial score (nSPS) is 15.3. The first-order valence-electron chi connectivity index (χ1n) is 9.03. The molecule has 0 unspecified atom stereocenters. The molecule has 26 heavy (non-hydrogen) atoms. The average molecular weight is 346 g/mol. The summed E-state index contributed by atoms with van der Waals surface area (Å²) in [6, 6.07) is 14.1. The SMILES string of the molecule is CNC1CCN(C(=O)c2cc(-c3cccnc3)nc3ccccc23)CC1. The number of carbonyl (C=O) groups is 1. The molecule has 4 rings (SSSR count). The minimum atomic E-state index is 0.0864. The van der Waals surface area contributed by atoms with Crippen LogP contribution in [0.4, 0.5) is 0 Å². The molecule has 0 bridgehead atoms. The Balaban J connectivity index is 1.75. The molecule has 0 radical (unpaired) electrons. The Morgan fingerprint density at radius 1 is 1.15 bits per heavy atom. The molecule has 1 saturated heterocycles. The Kier molecular flexibility index (Phi) is 4.63. The molecule has 1 fully saturated rings. The van der Waals surface area contributed by atoms with Crippen molar-refractivity contribution >= 4 is 16.8 Å². The molecule has 1 aliphatic rings. The summed E-state index contributed by atoms with van der Waals surface area (Å²) in [5.74, 6) is 0.0864. The van der Waals surface area contributed by atoms with Crippen LogP contribution in [0.3, 0.4) is 0 Å². The van der Waals surface area contributed by atoms with Crippen molar-refractivity contribution in [3.05, 3.63) is 60.4 Å². The zero-order chi connectivity index (χ0) is 17.9. The first-order valence-corrected chi connectivity index (χ1v) is 9.03. The van der Waals surface area contributed by atoms with E-state index in [9.17, 15) is 4.79 Å². The van der Waals surface area contributed by atoms with E-state index in [2.05, 4.69) is 10.3 Å². The smallest absolute Gasteiger partial charge is 0.254 e. The third kappa shape index (κ3) is 3.18. The Morgan fingerprint density at radius 3 is 2.69 bits per heavy atom.